The van der Waals surface area contributed by atoms with Gasteiger partial charge in [-0.15, -0.1) is 0 Å². The Balaban J connectivity index is 2.14. The van der Waals surface area contributed by atoms with Gasteiger partial charge in [0.2, 0.25) is 0 Å². The Morgan fingerprint density at radius 2 is 2.22 bits per heavy atom. The third-order valence-corrected chi connectivity index (χ3v) is 2.07. The highest BCUT2D eigenvalue weighted by Crippen LogP contribution is 2.08. The summed E-state index contributed by atoms with van der Waals surface area (Å²) in [5, 5.41) is 13.6. The zero-order chi connectivity index (χ0) is 13.2. The SMILES string of the molecule is O=C(NCCCOCCO)Nc1cccc(F)c1. The molecule has 2 amide bonds. The first-order valence-corrected chi connectivity index (χ1v) is 5.71. The molecule has 0 saturated carbocycles. The Kier molecular flexibility index (Phi) is 6.75. The van der Waals surface area contributed by atoms with E-state index in [9.17, 15) is 9.18 Å². The predicted octanol–water partition coefficient (Wildman–Crippen LogP) is 1.35. The molecule has 0 aliphatic heterocycles. The number of halogens is 1. The Hall–Kier alpha value is -1.66. The van der Waals surface area contributed by atoms with Gasteiger partial charge in [-0.25, -0.2) is 9.18 Å². The molecule has 18 heavy (non-hydrogen) atoms. The Morgan fingerprint density at radius 1 is 1.39 bits per heavy atom. The number of ether oxygens (including phenoxy) is 1. The lowest BCUT2D eigenvalue weighted by atomic mass is 10.3. The lowest BCUT2D eigenvalue weighted by molar-refractivity contribution is 0.0910. The number of carbonyl (C=O) groups is 1. The number of anilines is 1. The number of hydrogen-bond acceptors (Lipinski definition) is 3. The van der Waals surface area contributed by atoms with E-state index in [1.54, 1.807) is 6.07 Å². The van der Waals surface area contributed by atoms with Crippen molar-refractivity contribution in [1.29, 1.82) is 0 Å². The maximum atomic E-state index is 12.8. The van der Waals surface area contributed by atoms with E-state index >= 15 is 0 Å². The van der Waals surface area contributed by atoms with E-state index < -0.39 is 5.82 Å². The van der Waals surface area contributed by atoms with Crippen LogP contribution in [0.3, 0.4) is 0 Å². The lowest BCUT2D eigenvalue weighted by Gasteiger charge is -2.07. The molecule has 0 aromatic heterocycles. The summed E-state index contributed by atoms with van der Waals surface area (Å²) in [7, 11) is 0. The predicted molar refractivity (Wildman–Crippen MR) is 65.9 cm³/mol. The molecule has 5 nitrogen and oxygen atoms in total. The molecule has 0 spiro atoms. The van der Waals surface area contributed by atoms with Gasteiger partial charge in [0.1, 0.15) is 5.82 Å². The Bertz CT molecular complexity index is 374. The summed E-state index contributed by atoms with van der Waals surface area (Å²) in [6.45, 7) is 1.22. The molecule has 1 aromatic rings. The van der Waals surface area contributed by atoms with E-state index in [0.717, 1.165) is 0 Å². The molecule has 100 valence electrons. The number of aliphatic hydroxyl groups is 1. The van der Waals surface area contributed by atoms with Gasteiger partial charge in [0.15, 0.2) is 0 Å². The second kappa shape index (κ2) is 8.43. The highest BCUT2D eigenvalue weighted by molar-refractivity contribution is 5.89. The summed E-state index contributed by atoms with van der Waals surface area (Å²) >= 11 is 0. The largest absolute Gasteiger partial charge is 0.394 e. The number of hydrogen-bond donors (Lipinski definition) is 3. The van der Waals surface area contributed by atoms with E-state index in [1.165, 1.54) is 18.2 Å². The summed E-state index contributed by atoms with van der Waals surface area (Å²) < 4.78 is 17.9. The quantitative estimate of drug-likeness (QED) is 0.645. The minimum absolute atomic E-state index is 0.00646. The van der Waals surface area contributed by atoms with Crippen molar-refractivity contribution in [3.8, 4) is 0 Å². The topological polar surface area (TPSA) is 70.6 Å². The van der Waals surface area contributed by atoms with E-state index in [-0.39, 0.29) is 12.6 Å². The maximum absolute atomic E-state index is 12.8. The zero-order valence-electron chi connectivity index (χ0n) is 9.99. The first-order chi connectivity index (χ1) is 8.72. The first kappa shape index (κ1) is 14.4. The molecule has 0 aliphatic rings. The maximum Gasteiger partial charge on any atom is 0.319 e. The van der Waals surface area contributed by atoms with Crippen molar-refractivity contribution in [3.05, 3.63) is 30.1 Å². The van der Waals surface area contributed by atoms with Crippen LogP contribution in [0, 0.1) is 5.82 Å². The molecule has 1 rings (SSSR count). The fraction of sp³-hybridized carbons (Fsp3) is 0.417. The van der Waals surface area contributed by atoms with Gasteiger partial charge in [-0.1, -0.05) is 6.07 Å². The van der Waals surface area contributed by atoms with Crippen LogP contribution in [0.2, 0.25) is 0 Å². The van der Waals surface area contributed by atoms with Gasteiger partial charge in [0, 0.05) is 18.8 Å². The molecular weight excluding hydrogens is 239 g/mol. The number of benzene rings is 1. The standard InChI is InChI=1S/C12H17FN2O3/c13-10-3-1-4-11(9-10)15-12(17)14-5-2-7-18-8-6-16/h1,3-4,9,16H,2,5-8H2,(H2,14,15,17). The van der Waals surface area contributed by atoms with Crippen molar-refractivity contribution >= 4 is 11.7 Å². The number of urea groups is 1. The van der Waals surface area contributed by atoms with Gasteiger partial charge in [-0.3, -0.25) is 0 Å². The average molecular weight is 256 g/mol. The minimum Gasteiger partial charge on any atom is -0.394 e. The Labute approximate surface area is 105 Å². The van der Waals surface area contributed by atoms with Crippen molar-refractivity contribution in [2.75, 3.05) is 31.7 Å². The number of rotatable bonds is 7. The molecule has 0 atom stereocenters. The normalized spacial score (nSPS) is 10.1. The van der Waals surface area contributed by atoms with E-state index in [0.29, 0.717) is 31.9 Å². The van der Waals surface area contributed by atoms with Crippen LogP contribution in [0.25, 0.3) is 0 Å². The molecule has 0 aliphatic carbocycles. The molecule has 6 heteroatoms. The number of carbonyl (C=O) groups excluding carboxylic acids is 1. The molecule has 1 aromatic carbocycles. The van der Waals surface area contributed by atoms with Crippen molar-refractivity contribution in [2.24, 2.45) is 0 Å². The molecular formula is C12H17FN2O3. The molecule has 0 heterocycles. The average Bonchev–Trinajstić information content (AvgIpc) is 2.33. The van der Waals surface area contributed by atoms with Crippen LogP contribution in [-0.4, -0.2) is 37.5 Å². The van der Waals surface area contributed by atoms with Crippen LogP contribution in [-0.2, 0) is 4.74 Å². The van der Waals surface area contributed by atoms with Crippen LogP contribution in [0.5, 0.6) is 0 Å². The summed E-state index contributed by atoms with van der Waals surface area (Å²) in [6, 6.07) is 5.29. The highest BCUT2D eigenvalue weighted by Gasteiger charge is 2.01. The van der Waals surface area contributed by atoms with Crippen LogP contribution in [0.4, 0.5) is 14.9 Å². The Morgan fingerprint density at radius 3 is 2.94 bits per heavy atom. The summed E-state index contributed by atoms with van der Waals surface area (Å²) in [6.07, 6.45) is 0.649. The van der Waals surface area contributed by atoms with E-state index in [4.69, 9.17) is 9.84 Å². The van der Waals surface area contributed by atoms with Crippen LogP contribution < -0.4 is 10.6 Å². The second-order valence-corrected chi connectivity index (χ2v) is 3.58. The molecule has 3 N–H and O–H groups in total. The minimum atomic E-state index is -0.398. The van der Waals surface area contributed by atoms with Crippen molar-refractivity contribution in [2.45, 2.75) is 6.42 Å². The number of aliphatic hydroxyl groups excluding tert-OH is 1. The first-order valence-electron chi connectivity index (χ1n) is 5.71. The van der Waals surface area contributed by atoms with Crippen LogP contribution in [0.15, 0.2) is 24.3 Å². The zero-order valence-corrected chi connectivity index (χ0v) is 9.99. The molecule has 0 radical (unpaired) electrons. The van der Waals surface area contributed by atoms with E-state index in [1.807, 2.05) is 0 Å². The number of nitrogens with one attached hydrogen (secondary N) is 2. The molecule has 0 saturated heterocycles. The summed E-state index contributed by atoms with van der Waals surface area (Å²) in [5.74, 6) is -0.398. The summed E-state index contributed by atoms with van der Waals surface area (Å²) in [4.78, 5) is 11.4. The fourth-order valence-corrected chi connectivity index (χ4v) is 1.28. The highest BCUT2D eigenvalue weighted by atomic mass is 19.1. The molecule has 0 fully saturated rings. The molecule has 0 bridgehead atoms. The van der Waals surface area contributed by atoms with Crippen LogP contribution >= 0.6 is 0 Å². The second-order valence-electron chi connectivity index (χ2n) is 3.58. The van der Waals surface area contributed by atoms with E-state index in [2.05, 4.69) is 10.6 Å². The monoisotopic (exact) mass is 256 g/mol. The third kappa shape index (κ3) is 6.17. The number of amides is 2. The van der Waals surface area contributed by atoms with Gasteiger partial charge >= 0.3 is 6.03 Å². The smallest absolute Gasteiger partial charge is 0.319 e. The van der Waals surface area contributed by atoms with Crippen molar-refractivity contribution in [3.63, 3.8) is 0 Å². The van der Waals surface area contributed by atoms with Gasteiger partial charge in [0.25, 0.3) is 0 Å². The van der Waals surface area contributed by atoms with Crippen LogP contribution in [0.1, 0.15) is 6.42 Å². The third-order valence-electron chi connectivity index (χ3n) is 2.07. The van der Waals surface area contributed by atoms with Gasteiger partial charge in [-0.2, -0.15) is 0 Å². The lowest BCUT2D eigenvalue weighted by Crippen LogP contribution is -2.30. The molecule has 0 unspecified atom stereocenters. The fourth-order valence-electron chi connectivity index (χ4n) is 1.28. The van der Waals surface area contributed by atoms with Crippen molar-refractivity contribution < 1.29 is 19.0 Å². The van der Waals surface area contributed by atoms with Gasteiger partial charge in [-0.05, 0) is 24.6 Å². The van der Waals surface area contributed by atoms with Gasteiger partial charge < -0.3 is 20.5 Å². The van der Waals surface area contributed by atoms with Crippen molar-refractivity contribution in [1.82, 2.24) is 5.32 Å². The van der Waals surface area contributed by atoms with Gasteiger partial charge in [0.05, 0.1) is 13.2 Å². The summed E-state index contributed by atoms with van der Waals surface area (Å²) in [5.41, 5.74) is 0.407.